The zero-order valence-electron chi connectivity index (χ0n) is 12.0. The van der Waals surface area contributed by atoms with Crippen LogP contribution in [0.25, 0.3) is 0 Å². The third-order valence-corrected chi connectivity index (χ3v) is 4.64. The summed E-state index contributed by atoms with van der Waals surface area (Å²) in [6.07, 6.45) is 0.916. The van der Waals surface area contributed by atoms with Crippen molar-refractivity contribution in [2.24, 2.45) is 0 Å². The lowest BCUT2D eigenvalue weighted by Crippen LogP contribution is -2.23. The van der Waals surface area contributed by atoms with Crippen molar-refractivity contribution in [2.75, 3.05) is 0 Å². The van der Waals surface area contributed by atoms with Crippen LogP contribution in [0, 0.1) is 10.1 Å². The second-order valence-corrected chi connectivity index (χ2v) is 6.52. The summed E-state index contributed by atoms with van der Waals surface area (Å²) in [6.45, 7) is 2.18. The molecular weight excluding hydrogens is 304 g/mol. The Bertz CT molecular complexity index is 770. The maximum atomic E-state index is 12.2. The number of hydrogen-bond donors (Lipinski definition) is 1. The van der Waals surface area contributed by atoms with Crippen molar-refractivity contribution in [3.8, 4) is 0 Å². The molecule has 0 spiro atoms. The highest BCUT2D eigenvalue weighted by Crippen LogP contribution is 2.17. The average molecular weight is 320 g/mol. The Morgan fingerprint density at radius 1 is 1.09 bits per heavy atom. The fraction of sp³-hybridized carbons (Fsp3) is 0.200. The third-order valence-electron chi connectivity index (χ3n) is 3.24. The van der Waals surface area contributed by atoms with Crippen molar-refractivity contribution in [1.29, 1.82) is 0 Å². The molecule has 0 amide bonds. The molecule has 0 aromatic heterocycles. The molecule has 1 N–H and O–H groups in total. The molecule has 0 saturated carbocycles. The summed E-state index contributed by atoms with van der Waals surface area (Å²) in [5.74, 6) is 0. The first kappa shape index (κ1) is 16.1. The summed E-state index contributed by atoms with van der Waals surface area (Å²) in [4.78, 5) is 9.97. The summed E-state index contributed by atoms with van der Waals surface area (Å²) >= 11 is 0. The smallest absolute Gasteiger partial charge is 0.258 e. The number of nitrogens with one attached hydrogen (secondary N) is 1. The van der Waals surface area contributed by atoms with Crippen LogP contribution in [0.5, 0.6) is 0 Å². The highest BCUT2D eigenvalue weighted by atomic mass is 32.2. The Labute approximate surface area is 129 Å². The van der Waals surface area contributed by atoms with Crippen LogP contribution in [-0.2, 0) is 23.0 Å². The topological polar surface area (TPSA) is 89.3 Å². The van der Waals surface area contributed by atoms with Crippen LogP contribution in [0.2, 0.25) is 0 Å². The van der Waals surface area contributed by atoms with E-state index < -0.39 is 14.9 Å². The van der Waals surface area contributed by atoms with Gasteiger partial charge >= 0.3 is 0 Å². The lowest BCUT2D eigenvalue weighted by atomic mass is 10.1. The summed E-state index contributed by atoms with van der Waals surface area (Å²) < 4.78 is 26.8. The molecule has 116 valence electrons. The van der Waals surface area contributed by atoms with E-state index in [2.05, 4.69) is 4.72 Å². The van der Waals surface area contributed by atoms with Crippen LogP contribution in [0.15, 0.2) is 53.4 Å². The van der Waals surface area contributed by atoms with Gasteiger partial charge in [-0.1, -0.05) is 37.3 Å². The maximum absolute atomic E-state index is 12.2. The van der Waals surface area contributed by atoms with Crippen molar-refractivity contribution in [3.63, 3.8) is 0 Å². The van der Waals surface area contributed by atoms with E-state index in [1.54, 1.807) is 0 Å². The minimum atomic E-state index is -3.78. The summed E-state index contributed by atoms with van der Waals surface area (Å²) in [7, 11) is -3.78. The van der Waals surface area contributed by atoms with Crippen LogP contribution >= 0.6 is 0 Å². The molecule has 0 heterocycles. The van der Waals surface area contributed by atoms with Gasteiger partial charge < -0.3 is 0 Å². The zero-order valence-corrected chi connectivity index (χ0v) is 12.8. The van der Waals surface area contributed by atoms with Crippen LogP contribution in [0.4, 0.5) is 5.69 Å². The van der Waals surface area contributed by atoms with Gasteiger partial charge in [-0.2, -0.15) is 0 Å². The number of benzene rings is 2. The lowest BCUT2D eigenvalue weighted by molar-refractivity contribution is -0.385. The molecule has 0 unspecified atom stereocenters. The highest BCUT2D eigenvalue weighted by molar-refractivity contribution is 7.89. The molecular formula is C15H16N2O4S. The fourth-order valence-electron chi connectivity index (χ4n) is 1.92. The number of nitro benzene ring substituents is 1. The van der Waals surface area contributed by atoms with Gasteiger partial charge in [-0.25, -0.2) is 13.1 Å². The summed E-state index contributed by atoms with van der Waals surface area (Å²) in [5.41, 5.74) is 1.74. The van der Waals surface area contributed by atoms with E-state index in [0.29, 0.717) is 0 Å². The van der Waals surface area contributed by atoms with Gasteiger partial charge in [0.05, 0.1) is 9.82 Å². The van der Waals surface area contributed by atoms with Gasteiger partial charge in [0, 0.05) is 18.7 Å². The molecule has 22 heavy (non-hydrogen) atoms. The van der Waals surface area contributed by atoms with Gasteiger partial charge in [-0.3, -0.25) is 10.1 Å². The van der Waals surface area contributed by atoms with E-state index in [-0.39, 0.29) is 17.1 Å². The maximum Gasteiger partial charge on any atom is 0.270 e. The van der Waals surface area contributed by atoms with E-state index in [0.717, 1.165) is 18.1 Å². The molecule has 0 bridgehead atoms. The van der Waals surface area contributed by atoms with Gasteiger partial charge in [0.1, 0.15) is 0 Å². The molecule has 2 rings (SSSR count). The predicted molar refractivity (Wildman–Crippen MR) is 82.9 cm³/mol. The number of aryl methyl sites for hydroxylation is 1. The Kier molecular flexibility index (Phi) is 4.89. The van der Waals surface area contributed by atoms with Crippen LogP contribution in [-0.4, -0.2) is 13.3 Å². The van der Waals surface area contributed by atoms with Crippen LogP contribution in [0.1, 0.15) is 18.1 Å². The lowest BCUT2D eigenvalue weighted by Gasteiger charge is -2.07. The fourth-order valence-corrected chi connectivity index (χ4v) is 2.98. The molecule has 0 fully saturated rings. The van der Waals surface area contributed by atoms with Crippen molar-refractivity contribution >= 4 is 15.7 Å². The van der Waals surface area contributed by atoms with Gasteiger partial charge in [0.25, 0.3) is 5.69 Å². The summed E-state index contributed by atoms with van der Waals surface area (Å²) in [6, 6.07) is 12.6. The number of nitrogens with zero attached hydrogens (tertiary/aromatic N) is 1. The predicted octanol–water partition coefficient (Wildman–Crippen LogP) is 2.64. The minimum absolute atomic E-state index is 0.119. The molecule has 0 aliphatic heterocycles. The van der Waals surface area contributed by atoms with Gasteiger partial charge in [-0.05, 0) is 23.6 Å². The van der Waals surface area contributed by atoms with E-state index in [4.69, 9.17) is 0 Å². The number of non-ortho nitro benzene ring substituents is 1. The molecule has 2 aromatic carbocycles. The number of sulfonamides is 1. The average Bonchev–Trinajstić information content (AvgIpc) is 2.53. The molecule has 7 heteroatoms. The first-order chi connectivity index (χ1) is 10.4. The van der Waals surface area contributed by atoms with Gasteiger partial charge in [-0.15, -0.1) is 0 Å². The SMILES string of the molecule is CCc1ccc(CNS(=O)(=O)c2cccc([N+](=O)[O-])c2)cc1. The molecule has 0 aliphatic carbocycles. The van der Waals surface area contributed by atoms with E-state index in [1.807, 2.05) is 31.2 Å². The van der Waals surface area contributed by atoms with Crippen LogP contribution < -0.4 is 4.72 Å². The zero-order chi connectivity index (χ0) is 16.2. The van der Waals surface area contributed by atoms with E-state index >= 15 is 0 Å². The number of nitro groups is 1. The van der Waals surface area contributed by atoms with Crippen molar-refractivity contribution in [1.82, 2.24) is 4.72 Å². The Morgan fingerprint density at radius 2 is 1.73 bits per heavy atom. The quantitative estimate of drug-likeness (QED) is 0.654. The molecule has 0 saturated heterocycles. The van der Waals surface area contributed by atoms with Crippen molar-refractivity contribution in [3.05, 3.63) is 69.8 Å². The molecule has 2 aromatic rings. The van der Waals surface area contributed by atoms with Gasteiger partial charge in [0.15, 0.2) is 0 Å². The first-order valence-corrected chi connectivity index (χ1v) is 8.22. The van der Waals surface area contributed by atoms with Crippen molar-refractivity contribution < 1.29 is 13.3 Å². The largest absolute Gasteiger partial charge is 0.270 e. The summed E-state index contributed by atoms with van der Waals surface area (Å²) in [5, 5.41) is 10.7. The number of rotatable bonds is 6. The molecule has 6 nitrogen and oxygen atoms in total. The second-order valence-electron chi connectivity index (χ2n) is 4.75. The third kappa shape index (κ3) is 3.90. The van der Waals surface area contributed by atoms with Crippen molar-refractivity contribution in [2.45, 2.75) is 24.8 Å². The highest BCUT2D eigenvalue weighted by Gasteiger charge is 2.17. The molecule has 0 radical (unpaired) electrons. The normalized spacial score (nSPS) is 11.3. The Morgan fingerprint density at radius 3 is 2.32 bits per heavy atom. The Hall–Kier alpha value is -2.25. The first-order valence-electron chi connectivity index (χ1n) is 6.74. The van der Waals surface area contributed by atoms with E-state index in [9.17, 15) is 18.5 Å². The second kappa shape index (κ2) is 6.67. The number of hydrogen-bond acceptors (Lipinski definition) is 4. The molecule has 0 atom stereocenters. The molecule has 0 aliphatic rings. The van der Waals surface area contributed by atoms with Gasteiger partial charge in [0.2, 0.25) is 10.0 Å². The Balaban J connectivity index is 2.13. The monoisotopic (exact) mass is 320 g/mol. The minimum Gasteiger partial charge on any atom is -0.258 e. The van der Waals surface area contributed by atoms with E-state index in [1.165, 1.54) is 23.8 Å². The standard InChI is InChI=1S/C15H16N2O4S/c1-2-12-6-8-13(9-7-12)11-16-22(20,21)15-5-3-4-14(10-15)17(18)19/h3-10,16H,2,11H2,1H3. The van der Waals surface area contributed by atoms with Crippen LogP contribution in [0.3, 0.4) is 0 Å².